The summed E-state index contributed by atoms with van der Waals surface area (Å²) in [6.07, 6.45) is 0.336. The van der Waals surface area contributed by atoms with E-state index in [9.17, 15) is 4.79 Å². The number of amides is 1. The molecule has 0 bridgehead atoms. The van der Waals surface area contributed by atoms with Crippen molar-refractivity contribution >= 4 is 5.91 Å². The fourth-order valence-electron chi connectivity index (χ4n) is 2.59. The molecule has 1 amide bonds. The molecule has 0 radical (unpaired) electrons. The van der Waals surface area contributed by atoms with Crippen LogP contribution in [0.25, 0.3) is 0 Å². The van der Waals surface area contributed by atoms with Gasteiger partial charge in [-0.15, -0.1) is 0 Å². The zero-order valence-electron chi connectivity index (χ0n) is 12.1. The van der Waals surface area contributed by atoms with Crippen molar-refractivity contribution < 1.29 is 14.3 Å². The minimum atomic E-state index is -0.284. The summed E-state index contributed by atoms with van der Waals surface area (Å²) in [6.45, 7) is 4.90. The molecule has 1 aliphatic heterocycles. The third kappa shape index (κ3) is 3.49. The Morgan fingerprint density at radius 3 is 3.05 bits per heavy atom. The van der Waals surface area contributed by atoms with Crippen LogP contribution in [0.1, 0.15) is 17.5 Å². The van der Waals surface area contributed by atoms with Crippen LogP contribution in [0.15, 0.2) is 18.2 Å². The SMILES string of the molecule is COc1cccc(CN2CCOCC2CC(N)=O)c1C. The zero-order valence-corrected chi connectivity index (χ0v) is 12.1. The molecule has 1 aromatic carbocycles. The Balaban J connectivity index is 2.12. The van der Waals surface area contributed by atoms with Crippen molar-refractivity contribution in [1.82, 2.24) is 4.90 Å². The van der Waals surface area contributed by atoms with Crippen LogP contribution in [0.3, 0.4) is 0 Å². The van der Waals surface area contributed by atoms with Gasteiger partial charge in [0, 0.05) is 25.6 Å². The van der Waals surface area contributed by atoms with Crippen LogP contribution in [-0.4, -0.2) is 43.7 Å². The summed E-state index contributed by atoms with van der Waals surface area (Å²) in [4.78, 5) is 13.4. The van der Waals surface area contributed by atoms with Crippen molar-refractivity contribution in [2.75, 3.05) is 26.9 Å². The summed E-state index contributed by atoms with van der Waals surface area (Å²) < 4.78 is 10.8. The Hall–Kier alpha value is -1.59. The van der Waals surface area contributed by atoms with Gasteiger partial charge in [-0.1, -0.05) is 12.1 Å². The molecule has 1 heterocycles. The summed E-state index contributed by atoms with van der Waals surface area (Å²) in [5, 5.41) is 0. The predicted molar refractivity (Wildman–Crippen MR) is 76.6 cm³/mol. The maximum absolute atomic E-state index is 11.2. The van der Waals surface area contributed by atoms with Gasteiger partial charge < -0.3 is 15.2 Å². The topological polar surface area (TPSA) is 64.8 Å². The van der Waals surface area contributed by atoms with Crippen LogP contribution in [0.4, 0.5) is 0 Å². The largest absolute Gasteiger partial charge is 0.496 e. The maximum Gasteiger partial charge on any atom is 0.219 e. The molecule has 1 saturated heterocycles. The quantitative estimate of drug-likeness (QED) is 0.875. The van der Waals surface area contributed by atoms with E-state index in [1.165, 1.54) is 5.56 Å². The highest BCUT2D eigenvalue weighted by Crippen LogP contribution is 2.23. The standard InChI is InChI=1S/C15H22N2O3/c1-11-12(4-3-5-14(11)19-2)9-17-6-7-20-10-13(17)8-15(16)18/h3-5,13H,6-10H2,1-2H3,(H2,16,18). The first-order chi connectivity index (χ1) is 9.61. The van der Waals surface area contributed by atoms with Crippen molar-refractivity contribution in [2.45, 2.75) is 25.9 Å². The molecule has 20 heavy (non-hydrogen) atoms. The van der Waals surface area contributed by atoms with Gasteiger partial charge in [-0.3, -0.25) is 9.69 Å². The van der Waals surface area contributed by atoms with Gasteiger partial charge in [-0.2, -0.15) is 0 Å². The second-order valence-electron chi connectivity index (χ2n) is 5.11. The van der Waals surface area contributed by atoms with Crippen LogP contribution >= 0.6 is 0 Å². The molecule has 0 aromatic heterocycles. The molecule has 1 aliphatic rings. The number of carbonyl (C=O) groups excluding carboxylic acids is 1. The van der Waals surface area contributed by atoms with E-state index in [1.54, 1.807) is 7.11 Å². The lowest BCUT2D eigenvalue weighted by atomic mass is 10.0. The maximum atomic E-state index is 11.2. The smallest absolute Gasteiger partial charge is 0.219 e. The molecule has 0 aliphatic carbocycles. The Morgan fingerprint density at radius 1 is 1.55 bits per heavy atom. The molecular weight excluding hydrogens is 256 g/mol. The molecule has 5 heteroatoms. The summed E-state index contributed by atoms with van der Waals surface area (Å²) in [5.41, 5.74) is 7.66. The van der Waals surface area contributed by atoms with Gasteiger partial charge in [-0.25, -0.2) is 0 Å². The molecule has 1 fully saturated rings. The fraction of sp³-hybridized carbons (Fsp3) is 0.533. The summed E-state index contributed by atoms with van der Waals surface area (Å²) >= 11 is 0. The summed E-state index contributed by atoms with van der Waals surface area (Å²) in [5.74, 6) is 0.607. The Kier molecular flexibility index (Phi) is 4.98. The van der Waals surface area contributed by atoms with Crippen molar-refractivity contribution in [3.63, 3.8) is 0 Å². The van der Waals surface area contributed by atoms with E-state index in [0.717, 1.165) is 24.4 Å². The van der Waals surface area contributed by atoms with Crippen LogP contribution < -0.4 is 10.5 Å². The molecule has 1 unspecified atom stereocenters. The molecule has 5 nitrogen and oxygen atoms in total. The molecule has 1 aromatic rings. The number of hydrogen-bond donors (Lipinski definition) is 1. The number of rotatable bonds is 5. The number of nitrogens with zero attached hydrogens (tertiary/aromatic N) is 1. The first-order valence-corrected chi connectivity index (χ1v) is 6.84. The Morgan fingerprint density at radius 2 is 2.35 bits per heavy atom. The summed E-state index contributed by atoms with van der Waals surface area (Å²) in [7, 11) is 1.68. The van der Waals surface area contributed by atoms with Crippen molar-refractivity contribution in [3.8, 4) is 5.75 Å². The minimum absolute atomic E-state index is 0.0619. The molecular formula is C15H22N2O3. The number of nitrogens with two attached hydrogens (primary N) is 1. The number of primary amides is 1. The lowest BCUT2D eigenvalue weighted by molar-refractivity contribution is -0.121. The van der Waals surface area contributed by atoms with Gasteiger partial charge in [0.15, 0.2) is 0 Å². The average Bonchev–Trinajstić information content (AvgIpc) is 2.42. The number of benzene rings is 1. The average molecular weight is 278 g/mol. The highest BCUT2D eigenvalue weighted by Gasteiger charge is 2.25. The molecule has 2 rings (SSSR count). The third-order valence-electron chi connectivity index (χ3n) is 3.78. The number of hydrogen-bond acceptors (Lipinski definition) is 4. The van der Waals surface area contributed by atoms with E-state index in [1.807, 2.05) is 12.1 Å². The first kappa shape index (κ1) is 14.8. The second-order valence-corrected chi connectivity index (χ2v) is 5.11. The van der Waals surface area contributed by atoms with E-state index < -0.39 is 0 Å². The number of carbonyl (C=O) groups is 1. The lowest BCUT2D eigenvalue weighted by Crippen LogP contribution is -2.46. The van der Waals surface area contributed by atoms with Crippen molar-refractivity contribution in [1.29, 1.82) is 0 Å². The van der Waals surface area contributed by atoms with Gasteiger partial charge >= 0.3 is 0 Å². The number of methoxy groups -OCH3 is 1. The first-order valence-electron chi connectivity index (χ1n) is 6.84. The van der Waals surface area contributed by atoms with E-state index in [2.05, 4.69) is 17.9 Å². The lowest BCUT2D eigenvalue weighted by Gasteiger charge is -2.35. The van der Waals surface area contributed by atoms with E-state index in [4.69, 9.17) is 15.2 Å². The van der Waals surface area contributed by atoms with E-state index in [0.29, 0.717) is 19.6 Å². The van der Waals surface area contributed by atoms with Gasteiger partial charge in [0.2, 0.25) is 5.91 Å². The van der Waals surface area contributed by atoms with Crippen molar-refractivity contribution in [3.05, 3.63) is 29.3 Å². The highest BCUT2D eigenvalue weighted by molar-refractivity contribution is 5.74. The molecule has 0 spiro atoms. The Labute approximate surface area is 119 Å². The minimum Gasteiger partial charge on any atom is -0.496 e. The molecule has 1 atom stereocenters. The highest BCUT2D eigenvalue weighted by atomic mass is 16.5. The molecule has 110 valence electrons. The fourth-order valence-corrected chi connectivity index (χ4v) is 2.59. The second kappa shape index (κ2) is 6.72. The van der Waals surface area contributed by atoms with Crippen molar-refractivity contribution in [2.24, 2.45) is 5.73 Å². The van der Waals surface area contributed by atoms with Crippen LogP contribution in [0, 0.1) is 6.92 Å². The van der Waals surface area contributed by atoms with Gasteiger partial charge in [-0.05, 0) is 24.1 Å². The van der Waals surface area contributed by atoms with E-state index in [-0.39, 0.29) is 11.9 Å². The normalized spacial score (nSPS) is 19.8. The zero-order chi connectivity index (χ0) is 14.5. The number of ether oxygens (including phenoxy) is 2. The number of morpholine rings is 1. The monoisotopic (exact) mass is 278 g/mol. The van der Waals surface area contributed by atoms with Crippen LogP contribution in [0.5, 0.6) is 5.75 Å². The van der Waals surface area contributed by atoms with Crippen LogP contribution in [0.2, 0.25) is 0 Å². The molecule has 2 N–H and O–H groups in total. The van der Waals surface area contributed by atoms with Gasteiger partial charge in [0.25, 0.3) is 0 Å². The van der Waals surface area contributed by atoms with Gasteiger partial charge in [0.05, 0.1) is 20.3 Å². The van der Waals surface area contributed by atoms with Crippen LogP contribution in [-0.2, 0) is 16.1 Å². The predicted octanol–water partition coefficient (Wildman–Crippen LogP) is 1.08. The van der Waals surface area contributed by atoms with Gasteiger partial charge in [0.1, 0.15) is 5.75 Å². The Bertz CT molecular complexity index is 476. The summed E-state index contributed by atoms with van der Waals surface area (Å²) in [6, 6.07) is 6.10. The molecule has 0 saturated carbocycles. The van der Waals surface area contributed by atoms with E-state index >= 15 is 0 Å². The third-order valence-corrected chi connectivity index (χ3v) is 3.78.